The van der Waals surface area contributed by atoms with Gasteiger partial charge in [0.25, 0.3) is 0 Å². The van der Waals surface area contributed by atoms with Crippen LogP contribution in [0.1, 0.15) is 16.1 Å². The predicted octanol–water partition coefficient (Wildman–Crippen LogP) is 3.63. The van der Waals surface area contributed by atoms with E-state index in [0.717, 1.165) is 12.3 Å². The van der Waals surface area contributed by atoms with Gasteiger partial charge in [-0.15, -0.1) is 0 Å². The number of benzene rings is 1. The van der Waals surface area contributed by atoms with Crippen molar-refractivity contribution in [3.05, 3.63) is 46.7 Å². The molecule has 0 bridgehead atoms. The van der Waals surface area contributed by atoms with E-state index in [1.165, 1.54) is 18.2 Å². The molecule has 3 nitrogen and oxygen atoms in total. The third-order valence-electron chi connectivity index (χ3n) is 2.26. The van der Waals surface area contributed by atoms with Crippen LogP contribution in [0, 0.1) is 0 Å². The smallest absolute Gasteiger partial charge is 0.298 e. The average Bonchev–Trinajstić information content (AvgIpc) is 2.37. The van der Waals surface area contributed by atoms with Gasteiger partial charge in [-0.2, -0.15) is 13.2 Å². The van der Waals surface area contributed by atoms with Gasteiger partial charge < -0.3 is 0 Å². The van der Waals surface area contributed by atoms with Crippen LogP contribution in [0.25, 0.3) is 11.4 Å². The highest BCUT2D eigenvalue weighted by Gasteiger charge is 2.32. The fourth-order valence-corrected chi connectivity index (χ4v) is 1.71. The summed E-state index contributed by atoms with van der Waals surface area (Å²) < 4.78 is 37.6. The number of alkyl halides is 3. The number of aromatic nitrogens is 2. The normalized spacial score (nSPS) is 11.4. The van der Waals surface area contributed by atoms with Crippen LogP contribution in [0.15, 0.2) is 30.5 Å². The van der Waals surface area contributed by atoms with Gasteiger partial charge >= 0.3 is 6.18 Å². The summed E-state index contributed by atoms with van der Waals surface area (Å²) in [4.78, 5) is 17.9. The summed E-state index contributed by atoms with van der Waals surface area (Å²) in [6.45, 7) is 0. The number of nitrogens with zero attached hydrogens (tertiary/aromatic N) is 2. The van der Waals surface area contributed by atoms with Crippen molar-refractivity contribution in [3.8, 4) is 11.4 Å². The topological polar surface area (TPSA) is 42.9 Å². The van der Waals surface area contributed by atoms with Gasteiger partial charge in [-0.25, -0.2) is 9.97 Å². The molecule has 0 atom stereocenters. The highest BCUT2D eigenvalue weighted by Crippen LogP contribution is 2.29. The Morgan fingerprint density at radius 2 is 1.95 bits per heavy atom. The summed E-state index contributed by atoms with van der Waals surface area (Å²) in [7, 11) is 0. The molecule has 0 fully saturated rings. The van der Waals surface area contributed by atoms with Gasteiger partial charge in [0.05, 0.1) is 0 Å². The van der Waals surface area contributed by atoms with Crippen LogP contribution < -0.4 is 0 Å². The summed E-state index contributed by atoms with van der Waals surface area (Å²) in [5, 5.41) is 0.223. The SMILES string of the molecule is O=Cc1cc(Cl)cc(-c2nccc(C(F)(F)F)n2)c1. The van der Waals surface area contributed by atoms with Crippen LogP contribution in [0.2, 0.25) is 5.02 Å². The van der Waals surface area contributed by atoms with Crippen molar-refractivity contribution >= 4 is 17.9 Å². The molecule has 0 N–H and O–H groups in total. The number of aldehydes is 1. The molecule has 0 saturated carbocycles. The maximum absolute atomic E-state index is 12.5. The number of hydrogen-bond acceptors (Lipinski definition) is 3. The lowest BCUT2D eigenvalue weighted by atomic mass is 10.1. The molecule has 1 aromatic carbocycles. The summed E-state index contributed by atoms with van der Waals surface area (Å²) in [6, 6.07) is 4.93. The molecule has 0 radical (unpaired) electrons. The van der Waals surface area contributed by atoms with Crippen LogP contribution in [0.4, 0.5) is 13.2 Å². The first-order valence-electron chi connectivity index (χ1n) is 5.06. The van der Waals surface area contributed by atoms with Crippen molar-refractivity contribution in [1.29, 1.82) is 0 Å². The van der Waals surface area contributed by atoms with Crippen molar-refractivity contribution < 1.29 is 18.0 Å². The van der Waals surface area contributed by atoms with Crippen LogP contribution in [-0.2, 0) is 6.18 Å². The molecule has 7 heteroatoms. The number of halogens is 4. The Morgan fingerprint density at radius 1 is 1.21 bits per heavy atom. The number of hydrogen-bond donors (Lipinski definition) is 0. The van der Waals surface area contributed by atoms with Gasteiger partial charge in [-0.05, 0) is 24.3 Å². The Bertz CT molecular complexity index is 629. The van der Waals surface area contributed by atoms with E-state index < -0.39 is 11.9 Å². The van der Waals surface area contributed by atoms with Gasteiger partial charge in [-0.1, -0.05) is 11.6 Å². The summed E-state index contributed by atoms with van der Waals surface area (Å²) in [6.07, 6.45) is -3.00. The van der Waals surface area contributed by atoms with Crippen LogP contribution in [0.5, 0.6) is 0 Å². The van der Waals surface area contributed by atoms with Gasteiger partial charge in [0.2, 0.25) is 0 Å². The van der Waals surface area contributed by atoms with Gasteiger partial charge in [0.15, 0.2) is 5.82 Å². The third kappa shape index (κ3) is 3.08. The summed E-state index contributed by atoms with van der Waals surface area (Å²) >= 11 is 5.77. The van der Waals surface area contributed by atoms with Crippen LogP contribution in [0.3, 0.4) is 0 Å². The summed E-state index contributed by atoms with van der Waals surface area (Å²) in [5.41, 5.74) is -0.561. The van der Waals surface area contributed by atoms with E-state index in [-0.39, 0.29) is 22.0 Å². The van der Waals surface area contributed by atoms with E-state index in [4.69, 9.17) is 11.6 Å². The fourth-order valence-electron chi connectivity index (χ4n) is 1.47. The van der Waals surface area contributed by atoms with Crippen LogP contribution >= 0.6 is 11.6 Å². The monoisotopic (exact) mass is 286 g/mol. The minimum Gasteiger partial charge on any atom is -0.298 e. The number of carbonyl (C=O) groups excluding carboxylic acids is 1. The lowest BCUT2D eigenvalue weighted by Crippen LogP contribution is -2.09. The second-order valence-electron chi connectivity index (χ2n) is 3.65. The van der Waals surface area contributed by atoms with Crippen molar-refractivity contribution in [1.82, 2.24) is 9.97 Å². The van der Waals surface area contributed by atoms with E-state index >= 15 is 0 Å². The molecule has 98 valence electrons. The molecule has 0 aliphatic heterocycles. The quantitative estimate of drug-likeness (QED) is 0.792. The van der Waals surface area contributed by atoms with Gasteiger partial charge in [-0.3, -0.25) is 4.79 Å². The lowest BCUT2D eigenvalue weighted by molar-refractivity contribution is -0.141. The molecule has 0 amide bonds. The van der Waals surface area contributed by atoms with E-state index in [9.17, 15) is 18.0 Å². The van der Waals surface area contributed by atoms with Gasteiger partial charge in [0.1, 0.15) is 12.0 Å². The Morgan fingerprint density at radius 3 is 2.58 bits per heavy atom. The molecule has 0 saturated heterocycles. The molecule has 2 aromatic rings. The molecule has 19 heavy (non-hydrogen) atoms. The minimum absolute atomic E-state index is 0.138. The molecule has 0 unspecified atom stereocenters. The predicted molar refractivity (Wildman–Crippen MR) is 62.9 cm³/mol. The zero-order valence-electron chi connectivity index (χ0n) is 9.28. The average molecular weight is 287 g/mol. The summed E-state index contributed by atoms with van der Waals surface area (Å²) in [5.74, 6) is -0.138. The Hall–Kier alpha value is -1.95. The number of carbonyl (C=O) groups is 1. The highest BCUT2D eigenvalue weighted by molar-refractivity contribution is 6.31. The fraction of sp³-hybridized carbons (Fsp3) is 0.0833. The molecular formula is C12H6ClF3N2O. The maximum Gasteiger partial charge on any atom is 0.433 e. The van der Waals surface area contributed by atoms with Crippen molar-refractivity contribution in [2.24, 2.45) is 0 Å². The molecule has 2 rings (SSSR count). The standard InChI is InChI=1S/C12H6ClF3N2O/c13-9-4-7(6-19)3-8(5-9)11-17-2-1-10(18-11)12(14,15)16/h1-6H. The van der Waals surface area contributed by atoms with Crippen molar-refractivity contribution in [2.45, 2.75) is 6.18 Å². The molecule has 1 aromatic heterocycles. The zero-order valence-corrected chi connectivity index (χ0v) is 10.0. The Labute approximate surface area is 111 Å². The largest absolute Gasteiger partial charge is 0.433 e. The second kappa shape index (κ2) is 4.97. The first-order chi connectivity index (χ1) is 8.90. The van der Waals surface area contributed by atoms with E-state index in [0.29, 0.717) is 6.29 Å². The van der Waals surface area contributed by atoms with Crippen molar-refractivity contribution in [2.75, 3.05) is 0 Å². The molecule has 0 aliphatic rings. The minimum atomic E-state index is -4.55. The maximum atomic E-state index is 12.5. The molecule has 0 spiro atoms. The second-order valence-corrected chi connectivity index (χ2v) is 4.09. The molecule has 1 heterocycles. The molecular weight excluding hydrogens is 281 g/mol. The molecule has 0 aliphatic carbocycles. The first-order valence-corrected chi connectivity index (χ1v) is 5.44. The third-order valence-corrected chi connectivity index (χ3v) is 2.48. The highest BCUT2D eigenvalue weighted by atomic mass is 35.5. The van der Waals surface area contributed by atoms with Crippen molar-refractivity contribution in [3.63, 3.8) is 0 Å². The van der Waals surface area contributed by atoms with Crippen LogP contribution in [-0.4, -0.2) is 16.3 Å². The Balaban J connectivity index is 2.53. The number of rotatable bonds is 2. The first kappa shape index (κ1) is 13.5. The lowest BCUT2D eigenvalue weighted by Gasteiger charge is -2.07. The van der Waals surface area contributed by atoms with Gasteiger partial charge in [0, 0.05) is 22.3 Å². The van der Waals surface area contributed by atoms with E-state index in [2.05, 4.69) is 9.97 Å². The zero-order chi connectivity index (χ0) is 14.0. The Kier molecular flexibility index (Phi) is 3.53. The van der Waals surface area contributed by atoms with E-state index in [1.807, 2.05) is 0 Å². The van der Waals surface area contributed by atoms with E-state index in [1.54, 1.807) is 0 Å².